The third-order valence-electron chi connectivity index (χ3n) is 7.04. The topological polar surface area (TPSA) is 83.0 Å². The van der Waals surface area contributed by atoms with Gasteiger partial charge in [-0.15, -0.1) is 0 Å². The van der Waals surface area contributed by atoms with Crippen molar-refractivity contribution < 1.29 is 52.4 Å². The molecular weight excluding hydrogens is 644 g/mol. The molecule has 0 radical (unpaired) electrons. The fourth-order valence-electron chi connectivity index (χ4n) is 4.82. The molecule has 45 heavy (non-hydrogen) atoms. The molecule has 4 rings (SSSR count). The SMILES string of the molecule is CCCCC1=[C]([Zr+2][C]2=C(CCCC)C=CC2)CC=C1.CCOc1cccc(OCC)c1[O-].CCOc1cccc(OCC)c1[O-]. The van der Waals surface area contributed by atoms with Crippen LogP contribution >= 0.6 is 0 Å². The van der Waals surface area contributed by atoms with Gasteiger partial charge in [0.05, 0.1) is 26.4 Å². The standard InChI is InChI=1S/2C10H14O3.2C9H13.Zr/c2*1-3-12-8-6-5-7-9(10(8)11)13-4-2;2*1-2-3-6-9-7-4-5-8-9;/h2*5-7,11H,3-4H2,1-2H3;2*4,7H,2-3,5-6H2,1H3;/q;;;;+2/p-2. The van der Waals surface area contributed by atoms with Crippen LogP contribution in [0.2, 0.25) is 0 Å². The van der Waals surface area contributed by atoms with E-state index in [-0.39, 0.29) is 11.5 Å². The molecule has 0 saturated carbocycles. The summed E-state index contributed by atoms with van der Waals surface area (Å²) in [7, 11) is 0. The smallest absolute Gasteiger partial charge is 0.115 e. The van der Waals surface area contributed by atoms with Crippen LogP contribution in [0.15, 0.2) is 78.4 Å². The number of benzene rings is 2. The first-order valence-electron chi connectivity index (χ1n) is 16.6. The monoisotopic (exact) mass is 694 g/mol. The first-order valence-corrected chi connectivity index (χ1v) is 19.0. The molecular formula is C38H52O6Zr. The van der Waals surface area contributed by atoms with Gasteiger partial charge in [0.1, 0.15) is 23.0 Å². The number of unbranched alkanes of at least 4 members (excludes halogenated alkanes) is 2. The molecule has 0 spiro atoms. The third kappa shape index (κ3) is 13.1. The Kier molecular flexibility index (Phi) is 19.2. The second-order valence-corrected chi connectivity index (χ2v) is 14.0. The Labute approximate surface area is 283 Å². The average Bonchev–Trinajstić information content (AvgIpc) is 3.69. The third-order valence-corrected chi connectivity index (χ3v) is 11.1. The zero-order chi connectivity index (χ0) is 32.9. The number of hydrogen-bond acceptors (Lipinski definition) is 6. The van der Waals surface area contributed by atoms with Gasteiger partial charge < -0.3 is 29.2 Å². The van der Waals surface area contributed by atoms with Crippen molar-refractivity contribution >= 4 is 0 Å². The summed E-state index contributed by atoms with van der Waals surface area (Å²) >= 11 is -0.463. The van der Waals surface area contributed by atoms with Crippen molar-refractivity contribution in [1.82, 2.24) is 0 Å². The van der Waals surface area contributed by atoms with E-state index in [1.54, 1.807) is 47.5 Å². The fraction of sp³-hybridized carbons (Fsp3) is 0.474. The quantitative estimate of drug-likeness (QED) is 0.174. The molecule has 0 N–H and O–H groups in total. The fourth-order valence-corrected chi connectivity index (χ4v) is 8.61. The van der Waals surface area contributed by atoms with E-state index in [1.807, 2.05) is 34.3 Å². The number of rotatable bonds is 16. The Morgan fingerprint density at radius 2 is 0.889 bits per heavy atom. The van der Waals surface area contributed by atoms with Gasteiger partial charge in [0.25, 0.3) is 0 Å². The summed E-state index contributed by atoms with van der Waals surface area (Å²) < 4.78 is 24.3. The van der Waals surface area contributed by atoms with Crippen molar-refractivity contribution in [3.8, 4) is 34.5 Å². The van der Waals surface area contributed by atoms with Crippen LogP contribution in [-0.2, 0) is 23.2 Å². The van der Waals surface area contributed by atoms with Gasteiger partial charge in [0.2, 0.25) is 0 Å². The summed E-state index contributed by atoms with van der Waals surface area (Å²) in [4.78, 5) is 0. The van der Waals surface area contributed by atoms with E-state index in [9.17, 15) is 10.2 Å². The van der Waals surface area contributed by atoms with E-state index in [2.05, 4.69) is 38.2 Å². The van der Waals surface area contributed by atoms with Crippen LogP contribution in [-0.4, -0.2) is 26.4 Å². The molecule has 2 aliphatic rings. The van der Waals surface area contributed by atoms with E-state index in [1.165, 1.54) is 51.4 Å². The molecule has 0 unspecified atom stereocenters. The van der Waals surface area contributed by atoms with Crippen molar-refractivity contribution in [2.45, 2.75) is 92.9 Å². The normalized spacial score (nSPS) is 13.1. The van der Waals surface area contributed by atoms with E-state index < -0.39 is 23.2 Å². The molecule has 0 fully saturated rings. The van der Waals surface area contributed by atoms with Crippen LogP contribution in [0.1, 0.15) is 92.9 Å². The van der Waals surface area contributed by atoms with Crippen LogP contribution in [0, 0.1) is 0 Å². The molecule has 2 aliphatic carbocycles. The van der Waals surface area contributed by atoms with Gasteiger partial charge in [-0.3, -0.25) is 0 Å². The summed E-state index contributed by atoms with van der Waals surface area (Å²) in [5.41, 5.74) is 3.42. The van der Waals surface area contributed by atoms with E-state index >= 15 is 0 Å². The van der Waals surface area contributed by atoms with Crippen molar-refractivity contribution in [2.75, 3.05) is 26.4 Å². The van der Waals surface area contributed by atoms with Gasteiger partial charge in [-0.05, 0) is 63.5 Å². The average molecular weight is 696 g/mol. The molecule has 2 aromatic rings. The molecule has 2 aromatic carbocycles. The number of hydrogen-bond donors (Lipinski definition) is 0. The number of ether oxygens (including phenoxy) is 4. The molecule has 0 aromatic heterocycles. The molecule has 244 valence electrons. The van der Waals surface area contributed by atoms with Crippen LogP contribution in [0.5, 0.6) is 34.5 Å². The maximum Gasteiger partial charge on any atom is 0.115 e. The summed E-state index contributed by atoms with van der Waals surface area (Å²) in [6, 6.07) is 10.1. The van der Waals surface area contributed by atoms with Crippen LogP contribution < -0.4 is 29.2 Å². The Bertz CT molecular complexity index is 1130. The van der Waals surface area contributed by atoms with Gasteiger partial charge in [-0.1, -0.05) is 12.1 Å². The minimum absolute atomic E-state index is 0.175. The summed E-state index contributed by atoms with van der Waals surface area (Å²) in [6.07, 6.45) is 20.2. The predicted octanol–water partition coefficient (Wildman–Crippen LogP) is 8.99. The van der Waals surface area contributed by atoms with Crippen LogP contribution in [0.3, 0.4) is 0 Å². The second-order valence-electron chi connectivity index (χ2n) is 10.5. The first-order chi connectivity index (χ1) is 21.9. The van der Waals surface area contributed by atoms with E-state index in [0.29, 0.717) is 49.4 Å². The van der Waals surface area contributed by atoms with Crippen LogP contribution in [0.4, 0.5) is 0 Å². The van der Waals surface area contributed by atoms with E-state index in [0.717, 1.165) is 0 Å². The minimum Gasteiger partial charge on any atom is -0.867 e. The molecule has 0 bridgehead atoms. The van der Waals surface area contributed by atoms with Gasteiger partial charge in [0, 0.05) is 0 Å². The molecule has 0 heterocycles. The molecule has 6 nitrogen and oxygen atoms in total. The number of allylic oxidation sites excluding steroid dienone is 8. The van der Waals surface area contributed by atoms with E-state index in [4.69, 9.17) is 18.9 Å². The second kappa shape index (κ2) is 22.6. The Hall–Kier alpha value is -2.92. The van der Waals surface area contributed by atoms with Gasteiger partial charge in [-0.25, -0.2) is 0 Å². The molecule has 0 amide bonds. The zero-order valence-corrected chi connectivity index (χ0v) is 30.7. The molecule has 7 heteroatoms. The summed E-state index contributed by atoms with van der Waals surface area (Å²) in [5.74, 6) is 1.07. The van der Waals surface area contributed by atoms with Crippen molar-refractivity contribution in [3.63, 3.8) is 0 Å². The Balaban J connectivity index is 0.000000243. The first kappa shape index (κ1) is 38.3. The van der Waals surface area contributed by atoms with Gasteiger partial charge in [0.15, 0.2) is 0 Å². The largest absolute Gasteiger partial charge is 0.867 e. The Morgan fingerprint density at radius 1 is 0.556 bits per heavy atom. The zero-order valence-electron chi connectivity index (χ0n) is 28.2. The van der Waals surface area contributed by atoms with Crippen molar-refractivity contribution in [3.05, 3.63) is 78.4 Å². The molecule has 0 saturated heterocycles. The molecule has 0 aliphatic heterocycles. The predicted molar refractivity (Wildman–Crippen MR) is 177 cm³/mol. The summed E-state index contributed by atoms with van der Waals surface area (Å²) in [6.45, 7) is 13.9. The number of para-hydroxylation sites is 2. The summed E-state index contributed by atoms with van der Waals surface area (Å²) in [5, 5.41) is 23.0. The van der Waals surface area contributed by atoms with Crippen molar-refractivity contribution in [1.29, 1.82) is 0 Å². The maximum absolute atomic E-state index is 11.5. The Morgan fingerprint density at radius 3 is 1.18 bits per heavy atom. The minimum atomic E-state index is -0.463. The van der Waals surface area contributed by atoms with Gasteiger partial charge >= 0.3 is 130 Å². The van der Waals surface area contributed by atoms with Crippen LogP contribution in [0.25, 0.3) is 0 Å². The molecule has 0 atom stereocenters. The maximum atomic E-state index is 11.5. The van der Waals surface area contributed by atoms with Crippen molar-refractivity contribution in [2.24, 2.45) is 0 Å². The van der Waals surface area contributed by atoms with Gasteiger partial charge in [-0.2, -0.15) is 0 Å².